The zero-order chi connectivity index (χ0) is 13.5. The van der Waals surface area contributed by atoms with E-state index in [0.717, 1.165) is 23.9 Å². The average Bonchev–Trinajstić information content (AvgIpc) is 2.93. The topological polar surface area (TPSA) is 12.0 Å². The standard InChI is InChI=1S/C16H20BrNS/c1-2-11-18-16(10-9-15-4-3-12-19-15)13-5-7-14(17)8-6-13/h3-8,12,16,18H,2,9-11H2,1H3/t16-/m1/s1. The van der Waals surface area contributed by atoms with Crippen LogP contribution in [0.2, 0.25) is 0 Å². The van der Waals surface area contributed by atoms with E-state index in [-0.39, 0.29) is 0 Å². The zero-order valence-corrected chi connectivity index (χ0v) is 13.6. The third-order valence-corrected chi connectivity index (χ3v) is 4.64. The SMILES string of the molecule is CCCN[C@H](CCc1cccs1)c1ccc(Br)cc1. The Balaban J connectivity index is 2.00. The van der Waals surface area contributed by atoms with Crippen LogP contribution in [0.4, 0.5) is 0 Å². The maximum atomic E-state index is 3.66. The summed E-state index contributed by atoms with van der Waals surface area (Å²) in [7, 11) is 0. The van der Waals surface area contributed by atoms with E-state index < -0.39 is 0 Å². The lowest BCUT2D eigenvalue weighted by atomic mass is 10.0. The summed E-state index contributed by atoms with van der Waals surface area (Å²) in [6.45, 7) is 3.29. The first-order valence-corrected chi connectivity index (χ1v) is 8.48. The van der Waals surface area contributed by atoms with Crippen LogP contribution in [-0.2, 0) is 6.42 Å². The minimum Gasteiger partial charge on any atom is -0.310 e. The Morgan fingerprint density at radius 1 is 1.21 bits per heavy atom. The number of benzene rings is 1. The molecule has 1 N–H and O–H groups in total. The van der Waals surface area contributed by atoms with Crippen LogP contribution in [0.3, 0.4) is 0 Å². The highest BCUT2D eigenvalue weighted by Gasteiger charge is 2.10. The smallest absolute Gasteiger partial charge is 0.0323 e. The minimum atomic E-state index is 0.454. The van der Waals surface area contributed by atoms with Crippen molar-refractivity contribution in [3.05, 3.63) is 56.7 Å². The van der Waals surface area contributed by atoms with Crippen molar-refractivity contribution in [2.75, 3.05) is 6.54 Å². The lowest BCUT2D eigenvalue weighted by molar-refractivity contribution is 0.500. The van der Waals surface area contributed by atoms with Gasteiger partial charge in [-0.3, -0.25) is 0 Å². The van der Waals surface area contributed by atoms with Gasteiger partial charge in [0.05, 0.1) is 0 Å². The summed E-state index contributed by atoms with van der Waals surface area (Å²) in [5.74, 6) is 0. The molecular weight excluding hydrogens is 318 g/mol. The van der Waals surface area contributed by atoms with Gasteiger partial charge in [0, 0.05) is 15.4 Å². The molecule has 1 aromatic carbocycles. The molecule has 2 aromatic rings. The molecule has 0 aliphatic carbocycles. The van der Waals surface area contributed by atoms with Crippen LogP contribution < -0.4 is 5.32 Å². The van der Waals surface area contributed by atoms with E-state index in [2.05, 4.69) is 69.9 Å². The summed E-state index contributed by atoms with van der Waals surface area (Å²) < 4.78 is 1.14. The molecule has 0 aliphatic heterocycles. The maximum Gasteiger partial charge on any atom is 0.0323 e. The molecule has 0 spiro atoms. The van der Waals surface area contributed by atoms with Crippen LogP contribution in [-0.4, -0.2) is 6.54 Å². The van der Waals surface area contributed by atoms with Crippen LogP contribution in [0.25, 0.3) is 0 Å². The van der Waals surface area contributed by atoms with Gasteiger partial charge in [-0.2, -0.15) is 0 Å². The van der Waals surface area contributed by atoms with Gasteiger partial charge in [0.1, 0.15) is 0 Å². The molecule has 0 saturated heterocycles. The second-order valence-corrected chi connectivity index (χ2v) is 6.62. The first-order valence-electron chi connectivity index (χ1n) is 6.81. The van der Waals surface area contributed by atoms with Gasteiger partial charge in [-0.25, -0.2) is 0 Å². The van der Waals surface area contributed by atoms with Gasteiger partial charge >= 0.3 is 0 Å². The summed E-state index contributed by atoms with van der Waals surface area (Å²) in [5.41, 5.74) is 1.38. The summed E-state index contributed by atoms with van der Waals surface area (Å²) in [6.07, 6.45) is 3.48. The zero-order valence-electron chi connectivity index (χ0n) is 11.2. The quantitative estimate of drug-likeness (QED) is 0.733. The Morgan fingerprint density at radius 2 is 2.00 bits per heavy atom. The molecule has 1 atom stereocenters. The van der Waals surface area contributed by atoms with Crippen molar-refractivity contribution in [1.82, 2.24) is 5.32 Å². The maximum absolute atomic E-state index is 3.66. The number of hydrogen-bond acceptors (Lipinski definition) is 2. The fourth-order valence-corrected chi connectivity index (χ4v) is 3.13. The summed E-state index contributed by atoms with van der Waals surface area (Å²) >= 11 is 5.35. The van der Waals surface area contributed by atoms with Gasteiger partial charge in [0.2, 0.25) is 0 Å². The molecular formula is C16H20BrNS. The van der Waals surface area contributed by atoms with Crippen molar-refractivity contribution in [3.63, 3.8) is 0 Å². The third-order valence-electron chi connectivity index (χ3n) is 3.17. The average molecular weight is 338 g/mol. The van der Waals surface area contributed by atoms with Gasteiger partial charge in [-0.1, -0.05) is 41.1 Å². The highest BCUT2D eigenvalue weighted by atomic mass is 79.9. The summed E-state index contributed by atoms with van der Waals surface area (Å²) in [5, 5.41) is 5.81. The lowest BCUT2D eigenvalue weighted by Crippen LogP contribution is -2.22. The van der Waals surface area contributed by atoms with Gasteiger partial charge in [-0.15, -0.1) is 11.3 Å². The Kier molecular flexibility index (Phi) is 6.08. The second kappa shape index (κ2) is 7.83. The van der Waals surface area contributed by atoms with Crippen LogP contribution >= 0.6 is 27.3 Å². The van der Waals surface area contributed by atoms with E-state index in [4.69, 9.17) is 0 Å². The molecule has 0 radical (unpaired) electrons. The van der Waals surface area contributed by atoms with Crippen molar-refractivity contribution < 1.29 is 0 Å². The van der Waals surface area contributed by atoms with Crippen molar-refractivity contribution in [2.24, 2.45) is 0 Å². The summed E-state index contributed by atoms with van der Waals surface area (Å²) in [4.78, 5) is 1.47. The first kappa shape index (κ1) is 14.8. The fraction of sp³-hybridized carbons (Fsp3) is 0.375. The Hall–Kier alpha value is -0.640. The Morgan fingerprint density at radius 3 is 2.63 bits per heavy atom. The number of nitrogens with one attached hydrogen (secondary N) is 1. The molecule has 3 heteroatoms. The van der Waals surface area contributed by atoms with E-state index in [1.54, 1.807) is 0 Å². The molecule has 0 unspecified atom stereocenters. The Labute approximate surface area is 128 Å². The first-order chi connectivity index (χ1) is 9.29. The minimum absolute atomic E-state index is 0.454. The van der Waals surface area contributed by atoms with Gasteiger partial charge in [-0.05, 0) is 54.9 Å². The third kappa shape index (κ3) is 4.75. The van der Waals surface area contributed by atoms with Gasteiger partial charge < -0.3 is 5.32 Å². The van der Waals surface area contributed by atoms with E-state index in [0.29, 0.717) is 6.04 Å². The van der Waals surface area contributed by atoms with Crippen LogP contribution in [0, 0.1) is 0 Å². The van der Waals surface area contributed by atoms with E-state index in [9.17, 15) is 0 Å². The van der Waals surface area contributed by atoms with Gasteiger partial charge in [0.15, 0.2) is 0 Å². The van der Waals surface area contributed by atoms with Crippen LogP contribution in [0.15, 0.2) is 46.3 Å². The predicted octanol–water partition coefficient (Wildman–Crippen LogP) is 5.18. The van der Waals surface area contributed by atoms with Gasteiger partial charge in [0.25, 0.3) is 0 Å². The second-order valence-electron chi connectivity index (χ2n) is 4.68. The molecule has 102 valence electrons. The number of halogens is 1. The molecule has 0 aliphatic rings. The number of hydrogen-bond donors (Lipinski definition) is 1. The molecule has 1 heterocycles. The number of aryl methyl sites for hydroxylation is 1. The van der Waals surface area contributed by atoms with Crippen molar-refractivity contribution in [2.45, 2.75) is 32.2 Å². The molecule has 1 nitrogen and oxygen atoms in total. The highest BCUT2D eigenvalue weighted by Crippen LogP contribution is 2.22. The largest absolute Gasteiger partial charge is 0.310 e. The molecule has 1 aromatic heterocycles. The van der Waals surface area contributed by atoms with E-state index >= 15 is 0 Å². The normalized spacial score (nSPS) is 12.5. The predicted molar refractivity (Wildman–Crippen MR) is 87.8 cm³/mol. The number of rotatable bonds is 7. The van der Waals surface area contributed by atoms with Crippen molar-refractivity contribution in [1.29, 1.82) is 0 Å². The molecule has 19 heavy (non-hydrogen) atoms. The number of thiophene rings is 1. The monoisotopic (exact) mass is 337 g/mol. The summed E-state index contributed by atoms with van der Waals surface area (Å²) in [6, 6.07) is 13.5. The highest BCUT2D eigenvalue weighted by molar-refractivity contribution is 9.10. The van der Waals surface area contributed by atoms with Crippen LogP contribution in [0.5, 0.6) is 0 Å². The van der Waals surface area contributed by atoms with Crippen molar-refractivity contribution >= 4 is 27.3 Å². The van der Waals surface area contributed by atoms with E-state index in [1.165, 1.54) is 16.9 Å². The molecule has 2 rings (SSSR count). The van der Waals surface area contributed by atoms with Crippen molar-refractivity contribution in [3.8, 4) is 0 Å². The molecule has 0 saturated carbocycles. The molecule has 0 fully saturated rings. The lowest BCUT2D eigenvalue weighted by Gasteiger charge is -2.19. The Bertz CT molecular complexity index is 464. The fourth-order valence-electron chi connectivity index (χ4n) is 2.14. The van der Waals surface area contributed by atoms with Crippen LogP contribution in [0.1, 0.15) is 36.2 Å². The molecule has 0 bridgehead atoms. The van der Waals surface area contributed by atoms with E-state index in [1.807, 2.05) is 11.3 Å². The molecule has 0 amide bonds.